The van der Waals surface area contributed by atoms with E-state index in [0.717, 1.165) is 0 Å². The van der Waals surface area contributed by atoms with Crippen molar-refractivity contribution in [1.82, 2.24) is 14.8 Å². The van der Waals surface area contributed by atoms with E-state index in [1.165, 1.54) is 11.3 Å². The molecule has 0 saturated carbocycles. The molecule has 0 saturated heterocycles. The van der Waals surface area contributed by atoms with Crippen LogP contribution in [0, 0.1) is 0 Å². The fourth-order valence-electron chi connectivity index (χ4n) is 1.74. The molecule has 0 spiro atoms. The van der Waals surface area contributed by atoms with Crippen LogP contribution in [0.15, 0.2) is 23.1 Å². The Morgan fingerprint density at radius 3 is 2.95 bits per heavy atom. The summed E-state index contributed by atoms with van der Waals surface area (Å²) in [6.45, 7) is 5.21. The van der Waals surface area contributed by atoms with Gasteiger partial charge in [0.1, 0.15) is 0 Å². The van der Waals surface area contributed by atoms with E-state index >= 15 is 0 Å². The molecule has 1 N–H and O–H groups in total. The third-order valence-electron chi connectivity index (χ3n) is 2.77. The summed E-state index contributed by atoms with van der Waals surface area (Å²) in [7, 11) is 1.64. The van der Waals surface area contributed by atoms with Crippen molar-refractivity contribution in [3.8, 4) is 10.6 Å². The Bertz CT molecular complexity index is 621. The van der Waals surface area contributed by atoms with Crippen molar-refractivity contribution in [2.75, 3.05) is 25.6 Å². The van der Waals surface area contributed by atoms with E-state index in [1.54, 1.807) is 23.9 Å². The molecule has 0 unspecified atom stereocenters. The van der Waals surface area contributed by atoms with Gasteiger partial charge < -0.3 is 14.6 Å². The number of hydrogen-bond acceptors (Lipinski definition) is 6. The highest BCUT2D eigenvalue weighted by Gasteiger charge is 2.12. The Hall–Kier alpha value is -1.73. The molecular formula is C13H18N4O2S. The van der Waals surface area contributed by atoms with E-state index in [2.05, 4.69) is 15.5 Å². The topological polar surface area (TPSA) is 69.0 Å². The average Bonchev–Trinajstić information content (AvgIpc) is 2.87. The monoisotopic (exact) mass is 294 g/mol. The number of anilines is 1. The van der Waals surface area contributed by atoms with Gasteiger partial charge in [-0.05, 0) is 26.0 Å². The summed E-state index contributed by atoms with van der Waals surface area (Å²) in [5.74, 6) is 0. The maximum atomic E-state index is 12.3. The number of nitrogens with one attached hydrogen (secondary N) is 1. The van der Waals surface area contributed by atoms with Gasteiger partial charge in [0.2, 0.25) is 5.13 Å². The number of pyridine rings is 1. The molecule has 0 bridgehead atoms. The van der Waals surface area contributed by atoms with Crippen LogP contribution in [0.1, 0.15) is 19.9 Å². The van der Waals surface area contributed by atoms with Crippen LogP contribution in [-0.4, -0.2) is 35.0 Å². The van der Waals surface area contributed by atoms with Gasteiger partial charge in [-0.1, -0.05) is 11.3 Å². The van der Waals surface area contributed by atoms with Crippen LogP contribution >= 0.6 is 11.3 Å². The summed E-state index contributed by atoms with van der Waals surface area (Å²) >= 11 is 1.37. The van der Waals surface area contributed by atoms with Crippen LogP contribution in [0.2, 0.25) is 0 Å². The van der Waals surface area contributed by atoms with Gasteiger partial charge >= 0.3 is 0 Å². The second-order valence-corrected chi connectivity index (χ2v) is 5.54. The molecule has 6 nitrogen and oxygen atoms in total. The summed E-state index contributed by atoms with van der Waals surface area (Å²) in [6, 6.07) is 3.76. The molecule has 0 radical (unpaired) electrons. The van der Waals surface area contributed by atoms with Gasteiger partial charge in [-0.3, -0.25) is 4.79 Å². The lowest BCUT2D eigenvalue weighted by atomic mass is 10.2. The van der Waals surface area contributed by atoms with Gasteiger partial charge in [-0.2, -0.15) is 0 Å². The molecule has 0 aliphatic heterocycles. The molecular weight excluding hydrogens is 276 g/mol. The zero-order valence-corrected chi connectivity index (χ0v) is 12.6. The highest BCUT2D eigenvalue weighted by Crippen LogP contribution is 2.23. The van der Waals surface area contributed by atoms with Gasteiger partial charge in [0.15, 0.2) is 5.01 Å². The summed E-state index contributed by atoms with van der Waals surface area (Å²) in [5, 5.41) is 12.5. The van der Waals surface area contributed by atoms with E-state index in [1.807, 2.05) is 19.9 Å². The Balaban J connectivity index is 2.24. The van der Waals surface area contributed by atoms with Crippen LogP contribution in [0.25, 0.3) is 10.6 Å². The van der Waals surface area contributed by atoms with Crippen LogP contribution < -0.4 is 10.9 Å². The number of methoxy groups -OCH3 is 1. The number of aromatic nitrogens is 3. The highest BCUT2D eigenvalue weighted by molar-refractivity contribution is 7.18. The molecule has 0 atom stereocenters. The first-order valence-corrected chi connectivity index (χ1v) is 7.23. The summed E-state index contributed by atoms with van der Waals surface area (Å²) < 4.78 is 6.65. The second-order valence-electron chi connectivity index (χ2n) is 4.56. The fourth-order valence-corrected chi connectivity index (χ4v) is 2.53. The fraction of sp³-hybridized carbons (Fsp3) is 0.462. The molecule has 0 fully saturated rings. The minimum Gasteiger partial charge on any atom is -0.383 e. The minimum atomic E-state index is -0.0397. The Morgan fingerprint density at radius 1 is 1.45 bits per heavy atom. The molecule has 2 heterocycles. The quantitative estimate of drug-likeness (QED) is 0.825. The smallest absolute Gasteiger partial charge is 0.261 e. The molecule has 2 rings (SSSR count). The first-order chi connectivity index (χ1) is 9.63. The molecule has 0 aromatic carbocycles. The third-order valence-corrected chi connectivity index (χ3v) is 3.68. The van der Waals surface area contributed by atoms with Gasteiger partial charge in [-0.15, -0.1) is 10.2 Å². The van der Waals surface area contributed by atoms with Gasteiger partial charge in [0.05, 0.1) is 12.2 Å². The number of hydrogen-bond donors (Lipinski definition) is 1. The van der Waals surface area contributed by atoms with E-state index in [4.69, 9.17) is 4.74 Å². The standard InChI is InChI=1S/C13H18N4O2S/c1-9(2)17-7-4-5-10(12(17)18)11-15-16-13(20-11)14-6-8-19-3/h4-5,7,9H,6,8H2,1-3H3,(H,14,16). The summed E-state index contributed by atoms with van der Waals surface area (Å²) in [5.41, 5.74) is 0.542. The maximum Gasteiger partial charge on any atom is 0.261 e. The molecule has 0 amide bonds. The predicted molar refractivity (Wildman–Crippen MR) is 80.4 cm³/mol. The average molecular weight is 294 g/mol. The molecule has 0 aliphatic carbocycles. The van der Waals surface area contributed by atoms with Gasteiger partial charge in [-0.25, -0.2) is 0 Å². The lowest BCUT2D eigenvalue weighted by Gasteiger charge is -2.09. The Kier molecular flexibility index (Phi) is 4.86. The molecule has 2 aromatic rings. The zero-order chi connectivity index (χ0) is 14.5. The first kappa shape index (κ1) is 14.7. The molecule has 108 valence electrons. The lowest BCUT2D eigenvalue weighted by molar-refractivity contribution is 0.211. The summed E-state index contributed by atoms with van der Waals surface area (Å²) in [4.78, 5) is 12.3. The van der Waals surface area contributed by atoms with Crippen LogP contribution in [0.4, 0.5) is 5.13 Å². The molecule has 20 heavy (non-hydrogen) atoms. The Morgan fingerprint density at radius 2 is 2.25 bits per heavy atom. The minimum absolute atomic E-state index is 0.0397. The molecule has 2 aromatic heterocycles. The van der Waals surface area contributed by atoms with Crippen molar-refractivity contribution >= 4 is 16.5 Å². The first-order valence-electron chi connectivity index (χ1n) is 6.41. The zero-order valence-electron chi connectivity index (χ0n) is 11.8. The van der Waals surface area contributed by atoms with Crippen molar-refractivity contribution in [3.63, 3.8) is 0 Å². The predicted octanol–water partition coefficient (Wildman–Crippen LogP) is 2.01. The third kappa shape index (κ3) is 3.23. The number of ether oxygens (including phenoxy) is 1. The molecule has 0 aliphatic rings. The maximum absolute atomic E-state index is 12.3. The van der Waals surface area contributed by atoms with Crippen molar-refractivity contribution < 1.29 is 4.74 Å². The summed E-state index contributed by atoms with van der Waals surface area (Å²) in [6.07, 6.45) is 1.79. The van der Waals surface area contributed by atoms with Gasteiger partial charge in [0, 0.05) is 25.9 Å². The van der Waals surface area contributed by atoms with Crippen molar-refractivity contribution in [2.24, 2.45) is 0 Å². The Labute approximate surface area is 121 Å². The van der Waals surface area contributed by atoms with Crippen LogP contribution in [0.5, 0.6) is 0 Å². The second kappa shape index (κ2) is 6.62. The highest BCUT2D eigenvalue weighted by atomic mass is 32.1. The number of rotatable bonds is 6. The largest absolute Gasteiger partial charge is 0.383 e. The van der Waals surface area contributed by atoms with E-state index in [-0.39, 0.29) is 11.6 Å². The van der Waals surface area contributed by atoms with Crippen LogP contribution in [-0.2, 0) is 4.74 Å². The molecule has 7 heteroatoms. The SMILES string of the molecule is COCCNc1nnc(-c2cccn(C(C)C)c2=O)s1. The van der Waals surface area contributed by atoms with Crippen molar-refractivity contribution in [3.05, 3.63) is 28.7 Å². The number of nitrogens with zero attached hydrogens (tertiary/aromatic N) is 3. The van der Waals surface area contributed by atoms with Crippen molar-refractivity contribution in [1.29, 1.82) is 0 Å². The van der Waals surface area contributed by atoms with E-state index in [0.29, 0.717) is 28.9 Å². The van der Waals surface area contributed by atoms with Crippen molar-refractivity contribution in [2.45, 2.75) is 19.9 Å². The van der Waals surface area contributed by atoms with E-state index in [9.17, 15) is 4.79 Å². The normalized spacial score (nSPS) is 11.0. The van der Waals surface area contributed by atoms with Crippen LogP contribution in [0.3, 0.4) is 0 Å². The van der Waals surface area contributed by atoms with Gasteiger partial charge in [0.25, 0.3) is 5.56 Å². The lowest BCUT2D eigenvalue weighted by Crippen LogP contribution is -2.22. The van der Waals surface area contributed by atoms with E-state index < -0.39 is 0 Å².